The lowest BCUT2D eigenvalue weighted by Gasteiger charge is -2.21. The van der Waals surface area contributed by atoms with Crippen LogP contribution in [-0.4, -0.2) is 87.8 Å². The largest absolute Gasteiger partial charge is 0.507 e. The molecule has 2 aliphatic rings. The van der Waals surface area contributed by atoms with E-state index in [1.807, 2.05) is 19.9 Å². The molecule has 4 aromatic carbocycles. The Morgan fingerprint density at radius 2 is 1.22 bits per heavy atom. The van der Waals surface area contributed by atoms with E-state index in [1.54, 1.807) is 54.7 Å². The van der Waals surface area contributed by atoms with E-state index >= 15 is 0 Å². The number of aromatic hydroxyl groups is 1. The van der Waals surface area contributed by atoms with Gasteiger partial charge in [0.2, 0.25) is 0 Å². The highest BCUT2D eigenvalue weighted by Crippen LogP contribution is 2.33. The summed E-state index contributed by atoms with van der Waals surface area (Å²) in [7, 11) is 2.94. The third-order valence-corrected chi connectivity index (χ3v) is 8.83. The number of carboxylic acids is 4. The van der Waals surface area contributed by atoms with Crippen LogP contribution < -0.4 is 30.6 Å². The second-order valence-electron chi connectivity index (χ2n) is 13.1. The van der Waals surface area contributed by atoms with Gasteiger partial charge in [-0.05, 0) is 111 Å². The molecule has 0 atom stereocenters. The number of methoxy groups -OCH3 is 2. The molecule has 2 aliphatic heterocycles. The molecule has 0 spiro atoms. The number of aromatic carboxylic acids is 4. The first-order valence-electron chi connectivity index (χ1n) is 18.1. The van der Waals surface area contributed by atoms with Gasteiger partial charge in [-0.25, -0.2) is 19.2 Å². The molecule has 0 radical (unpaired) electrons. The van der Waals surface area contributed by atoms with Crippen molar-refractivity contribution in [2.75, 3.05) is 43.7 Å². The lowest BCUT2D eigenvalue weighted by atomic mass is 9.97. The number of fused-ring (bicyclic) bond motifs is 3. The van der Waals surface area contributed by atoms with Crippen molar-refractivity contribution in [3.63, 3.8) is 0 Å². The van der Waals surface area contributed by atoms with Gasteiger partial charge in [0.05, 0.1) is 25.8 Å². The molecule has 16 heteroatoms. The molecular formula is C42H46N4O12. The Morgan fingerprint density at radius 1 is 0.690 bits per heavy atom. The van der Waals surface area contributed by atoms with Crippen molar-refractivity contribution < 1.29 is 58.9 Å². The minimum Gasteiger partial charge on any atom is -0.507 e. The summed E-state index contributed by atoms with van der Waals surface area (Å²) in [4.78, 5) is 48.0. The SMILES string of the molecule is CC(C)Oc1ccc(N)cc1C(=O)O.COc1ccc2c(c1C(=O)O)CCCN2.COc1ccc2ncccc2c1C(=O)O.O=C(O)c1c(O)ccc2c1CCCN2. The molecule has 0 amide bonds. The van der Waals surface area contributed by atoms with Crippen LogP contribution in [0.5, 0.6) is 23.0 Å². The molecule has 16 nitrogen and oxygen atoms in total. The van der Waals surface area contributed by atoms with Crippen molar-refractivity contribution in [1.29, 1.82) is 0 Å². The predicted octanol–water partition coefficient (Wildman–Crippen LogP) is 6.90. The summed E-state index contributed by atoms with van der Waals surface area (Å²) in [5.74, 6) is -3.05. The van der Waals surface area contributed by atoms with Gasteiger partial charge >= 0.3 is 23.9 Å². The highest BCUT2D eigenvalue weighted by molar-refractivity contribution is 6.05. The summed E-state index contributed by atoms with van der Waals surface area (Å²) in [6.07, 6.45) is 4.92. The van der Waals surface area contributed by atoms with Crippen LogP contribution in [-0.2, 0) is 12.8 Å². The zero-order valence-corrected chi connectivity index (χ0v) is 32.4. The van der Waals surface area contributed by atoms with E-state index in [4.69, 9.17) is 40.4 Å². The standard InChI is InChI=1S/C11H13NO3.C11H9NO3.C10H11NO3.C10H13NO3/c2*1-15-9-5-4-8-7(3-2-6-12-8)10(9)11(13)14;12-8-4-3-7-6(2-1-5-11-7)9(8)10(13)14;1-6(2)14-9-4-3-7(11)5-8(9)10(12)13/h4-5,12H,2-3,6H2,1H3,(H,13,14);2-6H,1H3,(H,13,14);3-4,11-12H,1-2,5H2,(H,13,14);3-6H,11H2,1-2H3,(H,12,13). The van der Waals surface area contributed by atoms with Crippen molar-refractivity contribution in [1.82, 2.24) is 4.98 Å². The number of benzene rings is 4. The quantitative estimate of drug-likeness (QED) is 0.0586. The summed E-state index contributed by atoms with van der Waals surface area (Å²) >= 11 is 0. The minimum absolute atomic E-state index is 0.0368. The predicted molar refractivity (Wildman–Crippen MR) is 217 cm³/mol. The Labute approximate surface area is 333 Å². The number of hydrogen-bond donors (Lipinski definition) is 8. The fraction of sp³-hybridized carbons (Fsp3) is 0.262. The van der Waals surface area contributed by atoms with Gasteiger partial charge in [0.15, 0.2) is 0 Å². The van der Waals surface area contributed by atoms with E-state index in [-0.39, 0.29) is 28.5 Å². The molecule has 5 aromatic rings. The number of aromatic nitrogens is 1. The van der Waals surface area contributed by atoms with E-state index in [2.05, 4.69) is 15.6 Å². The number of phenols is 1. The first-order valence-corrected chi connectivity index (χ1v) is 18.1. The molecule has 58 heavy (non-hydrogen) atoms. The van der Waals surface area contributed by atoms with Gasteiger partial charge in [-0.2, -0.15) is 0 Å². The number of pyridine rings is 1. The normalized spacial score (nSPS) is 12.2. The van der Waals surface area contributed by atoms with Crippen LogP contribution in [0.4, 0.5) is 17.1 Å². The fourth-order valence-electron chi connectivity index (χ4n) is 6.33. The second kappa shape index (κ2) is 20.1. The molecule has 0 bridgehead atoms. The molecule has 0 saturated heterocycles. The first-order chi connectivity index (χ1) is 27.7. The van der Waals surface area contributed by atoms with Gasteiger partial charge < -0.3 is 56.1 Å². The van der Waals surface area contributed by atoms with Gasteiger partial charge in [0.25, 0.3) is 0 Å². The van der Waals surface area contributed by atoms with E-state index in [1.165, 1.54) is 26.4 Å². The molecule has 0 saturated carbocycles. The summed E-state index contributed by atoms with van der Waals surface area (Å²) in [5, 5.41) is 52.3. The number of nitrogens with one attached hydrogen (secondary N) is 2. The van der Waals surface area contributed by atoms with Crippen LogP contribution in [0.15, 0.2) is 72.9 Å². The van der Waals surface area contributed by atoms with Gasteiger partial charge in [0.1, 0.15) is 45.3 Å². The first kappa shape index (κ1) is 43.5. The highest BCUT2D eigenvalue weighted by atomic mass is 16.5. The Morgan fingerprint density at radius 3 is 1.78 bits per heavy atom. The molecule has 7 rings (SSSR count). The number of rotatable bonds is 8. The Kier molecular flexibility index (Phi) is 15.1. The number of nitrogens with two attached hydrogens (primary N) is 1. The number of nitrogen functional groups attached to an aromatic ring is 1. The molecule has 3 heterocycles. The van der Waals surface area contributed by atoms with Crippen LogP contribution in [0.3, 0.4) is 0 Å². The molecule has 0 fully saturated rings. The minimum atomic E-state index is -1.07. The van der Waals surface area contributed by atoms with Crippen LogP contribution in [0.2, 0.25) is 0 Å². The van der Waals surface area contributed by atoms with E-state index in [0.717, 1.165) is 49.3 Å². The van der Waals surface area contributed by atoms with Crippen LogP contribution in [0.25, 0.3) is 10.9 Å². The monoisotopic (exact) mass is 798 g/mol. The summed E-state index contributed by atoms with van der Waals surface area (Å²) in [6.45, 7) is 5.43. The summed E-state index contributed by atoms with van der Waals surface area (Å²) < 4.78 is 15.4. The van der Waals surface area contributed by atoms with Crippen LogP contribution in [0.1, 0.15) is 79.2 Å². The molecule has 306 valence electrons. The van der Waals surface area contributed by atoms with E-state index in [9.17, 15) is 24.3 Å². The van der Waals surface area contributed by atoms with Crippen molar-refractivity contribution >= 4 is 51.8 Å². The maximum atomic E-state index is 11.1. The molecule has 0 aliphatic carbocycles. The fourth-order valence-corrected chi connectivity index (χ4v) is 6.33. The molecular weight excluding hydrogens is 752 g/mol. The Hall–Kier alpha value is -7.23. The summed E-state index contributed by atoms with van der Waals surface area (Å²) in [5.41, 5.74) is 10.4. The highest BCUT2D eigenvalue weighted by Gasteiger charge is 2.22. The average Bonchev–Trinajstić information content (AvgIpc) is 3.20. The second-order valence-corrected chi connectivity index (χ2v) is 13.1. The summed E-state index contributed by atoms with van der Waals surface area (Å²) in [6, 6.07) is 18.0. The Balaban J connectivity index is 0.000000171. The number of ether oxygens (including phenoxy) is 3. The number of anilines is 3. The van der Waals surface area contributed by atoms with E-state index in [0.29, 0.717) is 51.4 Å². The average molecular weight is 799 g/mol. The number of carboxylic acid groups (broad SMARTS) is 4. The molecule has 0 unspecified atom stereocenters. The molecule has 1 aromatic heterocycles. The van der Waals surface area contributed by atoms with Crippen LogP contribution >= 0.6 is 0 Å². The number of hydrogen-bond acceptors (Lipinski definition) is 12. The zero-order chi connectivity index (χ0) is 42.5. The maximum Gasteiger partial charge on any atom is 0.340 e. The van der Waals surface area contributed by atoms with E-state index < -0.39 is 23.9 Å². The van der Waals surface area contributed by atoms with Crippen LogP contribution in [0, 0.1) is 0 Å². The third-order valence-electron chi connectivity index (χ3n) is 8.83. The van der Waals surface area contributed by atoms with Gasteiger partial charge in [0, 0.05) is 41.7 Å². The number of carbonyl (C=O) groups is 4. The van der Waals surface area contributed by atoms with Crippen molar-refractivity contribution in [3.8, 4) is 23.0 Å². The lowest BCUT2D eigenvalue weighted by molar-refractivity contribution is 0.0679. The topological polar surface area (TPSA) is 260 Å². The maximum absolute atomic E-state index is 11.1. The smallest absolute Gasteiger partial charge is 0.340 e. The van der Waals surface area contributed by atoms with Gasteiger partial charge in [-0.3, -0.25) is 4.98 Å². The molecule has 9 N–H and O–H groups in total. The Bertz CT molecular complexity index is 2290. The van der Waals surface area contributed by atoms with Gasteiger partial charge in [-0.1, -0.05) is 6.07 Å². The zero-order valence-electron chi connectivity index (χ0n) is 32.4. The van der Waals surface area contributed by atoms with Gasteiger partial charge in [-0.15, -0.1) is 0 Å². The van der Waals surface area contributed by atoms with Crippen molar-refractivity contribution in [3.05, 3.63) is 106 Å². The lowest BCUT2D eigenvalue weighted by Crippen LogP contribution is -2.16. The third kappa shape index (κ3) is 10.7. The van der Waals surface area contributed by atoms with Crippen molar-refractivity contribution in [2.45, 2.75) is 45.6 Å². The number of nitrogens with zero attached hydrogens (tertiary/aromatic N) is 1. The van der Waals surface area contributed by atoms with Crippen molar-refractivity contribution in [2.24, 2.45) is 0 Å².